The van der Waals surface area contributed by atoms with E-state index in [-0.39, 0.29) is 31.6 Å². The molecule has 1 saturated heterocycles. The van der Waals surface area contributed by atoms with Crippen LogP contribution in [0.5, 0.6) is 0 Å². The second kappa shape index (κ2) is 5.40. The van der Waals surface area contributed by atoms with Crippen LogP contribution >= 0.6 is 0 Å². The maximum Gasteiger partial charge on any atom is 0.255 e. The molecule has 7 nitrogen and oxygen atoms in total. The Hall–Kier alpha value is -1.89. The Kier molecular flexibility index (Phi) is 3.84. The second-order valence-electron chi connectivity index (χ2n) is 4.43. The van der Waals surface area contributed by atoms with Crippen molar-refractivity contribution in [2.75, 3.05) is 25.1 Å². The molecule has 7 heteroatoms. The van der Waals surface area contributed by atoms with Gasteiger partial charge in [-0.05, 0) is 13.8 Å². The Balaban J connectivity index is 2.27. The zero-order chi connectivity index (χ0) is 14.0. The van der Waals surface area contributed by atoms with Gasteiger partial charge >= 0.3 is 0 Å². The molecule has 0 radical (unpaired) electrons. The largest absolute Gasteiger partial charge is 0.370 e. The molecule has 2 rings (SSSR count). The van der Waals surface area contributed by atoms with Crippen LogP contribution in [0.2, 0.25) is 0 Å². The summed E-state index contributed by atoms with van der Waals surface area (Å²) in [6.45, 7) is 4.76. The molecule has 1 fully saturated rings. The number of rotatable bonds is 4. The molecule has 19 heavy (non-hydrogen) atoms. The number of aryl methyl sites for hydroxylation is 2. The molecule has 2 amide bonds. The van der Waals surface area contributed by atoms with E-state index < -0.39 is 0 Å². The summed E-state index contributed by atoms with van der Waals surface area (Å²) in [6.07, 6.45) is 0. The number of morpholine rings is 1. The van der Waals surface area contributed by atoms with Crippen LogP contribution in [0.25, 0.3) is 0 Å². The Morgan fingerprint density at radius 2 is 1.95 bits per heavy atom. The molecule has 1 aromatic heterocycles. The number of nitrogens with zero attached hydrogens (tertiary/aromatic N) is 3. The van der Waals surface area contributed by atoms with Gasteiger partial charge in [-0.25, -0.2) is 0 Å². The van der Waals surface area contributed by atoms with E-state index in [4.69, 9.17) is 4.74 Å². The summed E-state index contributed by atoms with van der Waals surface area (Å²) in [5.74, 6) is 0.232. The zero-order valence-corrected chi connectivity index (χ0v) is 11.4. The normalized spacial score (nSPS) is 16.1. The third kappa shape index (κ3) is 2.60. The minimum absolute atomic E-state index is 0.0401. The lowest BCUT2D eigenvalue weighted by Gasteiger charge is -2.25. The summed E-state index contributed by atoms with van der Waals surface area (Å²) < 4.78 is 6.62. The highest BCUT2D eigenvalue weighted by Crippen LogP contribution is 2.21. The summed E-state index contributed by atoms with van der Waals surface area (Å²) >= 11 is 0. The van der Waals surface area contributed by atoms with Gasteiger partial charge in [0.05, 0.1) is 12.2 Å². The number of hydrogen-bond acceptors (Lipinski definition) is 5. The summed E-state index contributed by atoms with van der Waals surface area (Å²) in [6, 6.07) is 0. The number of imide groups is 1. The van der Waals surface area contributed by atoms with E-state index in [1.807, 2.05) is 20.9 Å². The maximum atomic E-state index is 11.7. The standard InChI is InChI=1S/C12H18N4O3/c1-4-13-12-9(8(2)14-15(12)3)5-16-10(17)6-19-7-11(16)18/h13H,4-7H2,1-3H3. The molecule has 2 heterocycles. The van der Waals surface area contributed by atoms with E-state index in [2.05, 4.69) is 10.4 Å². The van der Waals surface area contributed by atoms with E-state index in [0.717, 1.165) is 23.6 Å². The van der Waals surface area contributed by atoms with E-state index >= 15 is 0 Å². The fourth-order valence-corrected chi connectivity index (χ4v) is 2.13. The zero-order valence-electron chi connectivity index (χ0n) is 11.4. The number of anilines is 1. The molecular formula is C12H18N4O3. The molecule has 1 N–H and O–H groups in total. The van der Waals surface area contributed by atoms with E-state index in [9.17, 15) is 9.59 Å². The summed E-state index contributed by atoms with van der Waals surface area (Å²) in [5.41, 5.74) is 1.68. The molecule has 0 bridgehead atoms. The second-order valence-corrected chi connectivity index (χ2v) is 4.43. The summed E-state index contributed by atoms with van der Waals surface area (Å²) in [5, 5.41) is 7.52. The van der Waals surface area contributed by atoms with Crippen molar-refractivity contribution in [3.63, 3.8) is 0 Å². The first-order valence-corrected chi connectivity index (χ1v) is 6.21. The average Bonchev–Trinajstić information content (AvgIpc) is 2.61. The minimum Gasteiger partial charge on any atom is -0.370 e. The minimum atomic E-state index is -0.304. The molecule has 0 aromatic carbocycles. The van der Waals surface area contributed by atoms with Gasteiger partial charge in [-0.1, -0.05) is 0 Å². The first-order valence-electron chi connectivity index (χ1n) is 6.21. The molecule has 1 aliphatic heterocycles. The number of amides is 2. The first kappa shape index (κ1) is 13.5. The lowest BCUT2D eigenvalue weighted by molar-refractivity contribution is -0.159. The molecule has 0 unspecified atom stereocenters. The number of ether oxygens (including phenoxy) is 1. The molecule has 0 atom stereocenters. The summed E-state index contributed by atoms with van der Waals surface area (Å²) in [4.78, 5) is 24.7. The number of aromatic nitrogens is 2. The number of carbonyl (C=O) groups is 2. The van der Waals surface area contributed by atoms with Crippen molar-refractivity contribution >= 4 is 17.6 Å². The van der Waals surface area contributed by atoms with Crippen molar-refractivity contribution < 1.29 is 14.3 Å². The maximum absolute atomic E-state index is 11.7. The highest BCUT2D eigenvalue weighted by atomic mass is 16.5. The molecule has 0 saturated carbocycles. The van der Waals surface area contributed by atoms with Crippen molar-refractivity contribution in [2.24, 2.45) is 7.05 Å². The smallest absolute Gasteiger partial charge is 0.255 e. The summed E-state index contributed by atoms with van der Waals surface area (Å²) in [7, 11) is 1.83. The van der Waals surface area contributed by atoms with Crippen LogP contribution in [0.4, 0.5) is 5.82 Å². The third-order valence-electron chi connectivity index (χ3n) is 3.06. The van der Waals surface area contributed by atoms with Gasteiger partial charge in [0.2, 0.25) is 0 Å². The van der Waals surface area contributed by atoms with Gasteiger partial charge in [0, 0.05) is 19.2 Å². The molecule has 1 aromatic rings. The van der Waals surface area contributed by atoms with Crippen molar-refractivity contribution in [3.8, 4) is 0 Å². The Morgan fingerprint density at radius 1 is 1.32 bits per heavy atom. The lowest BCUT2D eigenvalue weighted by Crippen LogP contribution is -2.45. The van der Waals surface area contributed by atoms with Crippen molar-refractivity contribution in [1.82, 2.24) is 14.7 Å². The van der Waals surface area contributed by atoms with Crippen LogP contribution in [0.3, 0.4) is 0 Å². The topological polar surface area (TPSA) is 76.5 Å². The predicted octanol–water partition coefficient (Wildman–Crippen LogP) is 0.0457. The predicted molar refractivity (Wildman–Crippen MR) is 68.5 cm³/mol. The Bertz CT molecular complexity index is 493. The van der Waals surface area contributed by atoms with E-state index in [1.165, 1.54) is 4.90 Å². The van der Waals surface area contributed by atoms with Gasteiger partial charge in [0.25, 0.3) is 11.8 Å². The third-order valence-corrected chi connectivity index (χ3v) is 3.06. The molecule has 0 aliphatic carbocycles. The fraction of sp³-hybridized carbons (Fsp3) is 0.583. The monoisotopic (exact) mass is 266 g/mol. The van der Waals surface area contributed by atoms with Gasteiger partial charge in [-0.15, -0.1) is 0 Å². The van der Waals surface area contributed by atoms with Crippen LogP contribution in [-0.2, 0) is 27.9 Å². The van der Waals surface area contributed by atoms with Crippen LogP contribution in [-0.4, -0.2) is 46.3 Å². The van der Waals surface area contributed by atoms with Crippen molar-refractivity contribution in [3.05, 3.63) is 11.3 Å². The van der Waals surface area contributed by atoms with Gasteiger partial charge in [-0.2, -0.15) is 5.10 Å². The van der Waals surface area contributed by atoms with E-state index in [1.54, 1.807) is 4.68 Å². The first-order chi connectivity index (χ1) is 9.04. The lowest BCUT2D eigenvalue weighted by atomic mass is 10.2. The SMILES string of the molecule is CCNc1c(CN2C(=O)COCC2=O)c(C)nn1C. The average molecular weight is 266 g/mol. The Labute approximate surface area is 111 Å². The molecular weight excluding hydrogens is 248 g/mol. The molecule has 1 aliphatic rings. The molecule has 104 valence electrons. The molecule has 0 spiro atoms. The number of carbonyl (C=O) groups excluding carboxylic acids is 2. The van der Waals surface area contributed by atoms with Gasteiger partial charge in [0.1, 0.15) is 19.0 Å². The van der Waals surface area contributed by atoms with Crippen LogP contribution in [0.15, 0.2) is 0 Å². The van der Waals surface area contributed by atoms with Gasteiger partial charge in [-0.3, -0.25) is 19.2 Å². The Morgan fingerprint density at radius 3 is 2.53 bits per heavy atom. The van der Waals surface area contributed by atoms with E-state index in [0.29, 0.717) is 0 Å². The highest BCUT2D eigenvalue weighted by Gasteiger charge is 2.28. The fourth-order valence-electron chi connectivity index (χ4n) is 2.13. The van der Waals surface area contributed by atoms with Crippen LogP contribution in [0.1, 0.15) is 18.2 Å². The van der Waals surface area contributed by atoms with Crippen molar-refractivity contribution in [1.29, 1.82) is 0 Å². The number of hydrogen-bond donors (Lipinski definition) is 1. The van der Waals surface area contributed by atoms with Gasteiger partial charge < -0.3 is 10.1 Å². The van der Waals surface area contributed by atoms with Crippen LogP contribution in [0, 0.1) is 6.92 Å². The van der Waals surface area contributed by atoms with Crippen LogP contribution < -0.4 is 5.32 Å². The van der Waals surface area contributed by atoms with Gasteiger partial charge in [0.15, 0.2) is 0 Å². The van der Waals surface area contributed by atoms with Crippen molar-refractivity contribution in [2.45, 2.75) is 20.4 Å². The quantitative estimate of drug-likeness (QED) is 0.779. The highest BCUT2D eigenvalue weighted by molar-refractivity contribution is 5.98. The number of nitrogens with one attached hydrogen (secondary N) is 1.